The number of fused-ring (bicyclic) bond motifs is 1. The molecular weight excluding hydrogens is 527 g/mol. The van der Waals surface area contributed by atoms with Crippen molar-refractivity contribution in [2.45, 2.75) is 26.5 Å². The number of hydrogen-bond donors (Lipinski definition) is 2. The van der Waals surface area contributed by atoms with Crippen molar-refractivity contribution in [3.63, 3.8) is 0 Å². The van der Waals surface area contributed by atoms with Crippen LogP contribution in [-0.2, 0) is 16.6 Å². The van der Waals surface area contributed by atoms with Crippen molar-refractivity contribution in [3.05, 3.63) is 83.2 Å². The Bertz CT molecular complexity index is 1640. The fourth-order valence-electron chi connectivity index (χ4n) is 4.11. The molecule has 1 amide bonds. The SMILES string of the molecule is CNC(=O)c1c(-c2ccc(F)cc2)oc2cc(N(Cc3ccc(C(=O)O)cc3)S(C)(=O)=O)c(OC(C)C)cc12. The minimum absolute atomic E-state index is 0.0699. The van der Waals surface area contributed by atoms with Crippen LogP contribution in [0.3, 0.4) is 0 Å². The molecule has 0 radical (unpaired) electrons. The number of rotatable bonds is 9. The van der Waals surface area contributed by atoms with Crippen molar-refractivity contribution >= 4 is 38.6 Å². The smallest absolute Gasteiger partial charge is 0.335 e. The van der Waals surface area contributed by atoms with Gasteiger partial charge in [0.2, 0.25) is 10.0 Å². The zero-order chi connectivity index (χ0) is 28.5. The molecule has 0 spiro atoms. The Morgan fingerprint density at radius 3 is 2.26 bits per heavy atom. The summed E-state index contributed by atoms with van der Waals surface area (Å²) in [6.07, 6.45) is 0.702. The van der Waals surface area contributed by atoms with E-state index in [0.717, 1.165) is 10.6 Å². The van der Waals surface area contributed by atoms with Gasteiger partial charge in [0.25, 0.3) is 5.91 Å². The van der Waals surface area contributed by atoms with Gasteiger partial charge in [-0.15, -0.1) is 0 Å². The number of carbonyl (C=O) groups excluding carboxylic acids is 1. The molecule has 4 aromatic rings. The number of benzene rings is 3. The number of nitrogens with one attached hydrogen (secondary N) is 1. The highest BCUT2D eigenvalue weighted by atomic mass is 32.2. The molecule has 0 aliphatic heterocycles. The molecule has 0 saturated carbocycles. The predicted octanol–water partition coefficient (Wildman–Crippen LogP) is 5.05. The largest absolute Gasteiger partial charge is 0.489 e. The molecule has 9 nitrogen and oxygen atoms in total. The molecule has 0 aliphatic rings. The third-order valence-electron chi connectivity index (χ3n) is 5.89. The molecule has 4 rings (SSSR count). The normalized spacial score (nSPS) is 11.5. The van der Waals surface area contributed by atoms with Gasteiger partial charge in [-0.25, -0.2) is 17.6 Å². The Hall–Kier alpha value is -4.38. The summed E-state index contributed by atoms with van der Waals surface area (Å²) in [6.45, 7) is 3.44. The van der Waals surface area contributed by atoms with Crippen LogP contribution in [0.15, 0.2) is 65.1 Å². The molecule has 0 bridgehead atoms. The number of carbonyl (C=O) groups is 2. The Balaban J connectivity index is 1.94. The second-order valence-electron chi connectivity index (χ2n) is 9.15. The van der Waals surface area contributed by atoms with Crippen LogP contribution < -0.4 is 14.4 Å². The van der Waals surface area contributed by atoms with E-state index in [4.69, 9.17) is 9.15 Å². The van der Waals surface area contributed by atoms with Crippen LogP contribution in [-0.4, -0.2) is 44.8 Å². The lowest BCUT2D eigenvalue weighted by Gasteiger charge is -2.26. The third-order valence-corrected chi connectivity index (χ3v) is 7.02. The number of nitrogens with zero attached hydrogens (tertiary/aromatic N) is 1. The minimum atomic E-state index is -3.88. The third kappa shape index (κ3) is 5.88. The van der Waals surface area contributed by atoms with Gasteiger partial charge in [-0.3, -0.25) is 9.10 Å². The summed E-state index contributed by atoms with van der Waals surface area (Å²) in [5.74, 6) is -1.61. The predicted molar refractivity (Wildman–Crippen MR) is 145 cm³/mol. The van der Waals surface area contributed by atoms with E-state index in [0.29, 0.717) is 16.5 Å². The number of halogens is 1. The van der Waals surface area contributed by atoms with Crippen molar-refractivity contribution in [1.82, 2.24) is 5.32 Å². The molecule has 11 heteroatoms. The van der Waals surface area contributed by atoms with Crippen molar-refractivity contribution in [3.8, 4) is 17.1 Å². The molecule has 0 unspecified atom stereocenters. The number of sulfonamides is 1. The molecule has 0 atom stereocenters. The van der Waals surface area contributed by atoms with Gasteiger partial charge in [0.15, 0.2) is 0 Å². The van der Waals surface area contributed by atoms with E-state index < -0.39 is 27.7 Å². The lowest BCUT2D eigenvalue weighted by atomic mass is 10.0. The van der Waals surface area contributed by atoms with Crippen LogP contribution >= 0.6 is 0 Å². The van der Waals surface area contributed by atoms with Gasteiger partial charge in [0.1, 0.15) is 22.9 Å². The number of carboxylic acids is 1. The van der Waals surface area contributed by atoms with Gasteiger partial charge in [-0.05, 0) is 61.9 Å². The standard InChI is InChI=1S/C28H27FN2O7S/c1-16(2)37-24-13-21-23(38-26(25(21)27(32)30-3)18-9-11-20(29)12-10-18)14-22(24)31(39(4,35)36)15-17-5-7-19(8-6-17)28(33)34/h5-14,16H,15H2,1-4H3,(H,30,32)(H,33,34). The number of ether oxygens (including phenoxy) is 1. The Morgan fingerprint density at radius 1 is 1.08 bits per heavy atom. The highest BCUT2D eigenvalue weighted by Crippen LogP contribution is 2.42. The first-order valence-electron chi connectivity index (χ1n) is 11.9. The maximum atomic E-state index is 13.6. The number of aromatic carboxylic acids is 1. The number of amides is 1. The van der Waals surface area contributed by atoms with Gasteiger partial charge in [0.05, 0.1) is 35.7 Å². The highest BCUT2D eigenvalue weighted by Gasteiger charge is 2.28. The summed E-state index contributed by atoms with van der Waals surface area (Å²) < 4.78 is 52.8. The minimum Gasteiger partial charge on any atom is -0.489 e. The van der Waals surface area contributed by atoms with Crippen LogP contribution in [0.1, 0.15) is 40.1 Å². The van der Waals surface area contributed by atoms with E-state index in [1.54, 1.807) is 19.9 Å². The average molecular weight is 555 g/mol. The Labute approximate surface area is 224 Å². The molecular formula is C28H27FN2O7S. The molecule has 0 aliphatic carbocycles. The van der Waals surface area contributed by atoms with E-state index in [-0.39, 0.29) is 46.6 Å². The first kappa shape index (κ1) is 27.6. The molecule has 2 N–H and O–H groups in total. The summed E-state index contributed by atoms with van der Waals surface area (Å²) in [5, 5.41) is 12.2. The van der Waals surface area contributed by atoms with E-state index >= 15 is 0 Å². The van der Waals surface area contributed by atoms with Crippen molar-refractivity contribution < 1.29 is 36.7 Å². The topological polar surface area (TPSA) is 126 Å². The number of hydrogen-bond acceptors (Lipinski definition) is 6. The van der Waals surface area contributed by atoms with Crippen molar-refractivity contribution in [1.29, 1.82) is 0 Å². The van der Waals surface area contributed by atoms with Gasteiger partial charge in [-0.1, -0.05) is 12.1 Å². The number of furan rings is 1. The van der Waals surface area contributed by atoms with Crippen molar-refractivity contribution in [2.75, 3.05) is 17.6 Å². The van der Waals surface area contributed by atoms with Crippen LogP contribution in [0.5, 0.6) is 5.75 Å². The summed E-state index contributed by atoms with van der Waals surface area (Å²) in [6, 6.07) is 14.3. The molecule has 0 saturated heterocycles. The lowest BCUT2D eigenvalue weighted by molar-refractivity contribution is 0.0696. The summed E-state index contributed by atoms with van der Waals surface area (Å²) in [7, 11) is -2.41. The first-order valence-corrected chi connectivity index (χ1v) is 13.8. The lowest BCUT2D eigenvalue weighted by Crippen LogP contribution is -2.30. The van der Waals surface area contributed by atoms with Gasteiger partial charge in [0, 0.05) is 24.1 Å². The number of carboxylic acid groups (broad SMARTS) is 1. The summed E-state index contributed by atoms with van der Waals surface area (Å²) in [5.41, 5.74) is 1.64. The maximum Gasteiger partial charge on any atom is 0.335 e. The fourth-order valence-corrected chi connectivity index (χ4v) is 4.99. The van der Waals surface area contributed by atoms with Gasteiger partial charge in [-0.2, -0.15) is 0 Å². The van der Waals surface area contributed by atoms with Gasteiger partial charge < -0.3 is 19.6 Å². The zero-order valence-corrected chi connectivity index (χ0v) is 22.5. The molecule has 39 heavy (non-hydrogen) atoms. The maximum absolute atomic E-state index is 13.6. The van der Waals surface area contributed by atoms with Gasteiger partial charge >= 0.3 is 5.97 Å². The van der Waals surface area contributed by atoms with E-state index in [1.807, 2.05) is 0 Å². The quantitative estimate of drug-likeness (QED) is 0.297. The molecule has 3 aromatic carbocycles. The van der Waals surface area contributed by atoms with E-state index in [1.165, 1.54) is 61.6 Å². The van der Waals surface area contributed by atoms with Crippen molar-refractivity contribution in [2.24, 2.45) is 0 Å². The average Bonchev–Trinajstić information content (AvgIpc) is 3.24. The van der Waals surface area contributed by atoms with E-state index in [2.05, 4.69) is 5.32 Å². The van der Waals surface area contributed by atoms with Crippen LogP contribution in [0, 0.1) is 5.82 Å². The second kappa shape index (κ2) is 10.8. The first-order chi connectivity index (χ1) is 18.4. The molecule has 1 aromatic heterocycles. The molecule has 0 fully saturated rings. The van der Waals surface area contributed by atoms with Crippen LogP contribution in [0.25, 0.3) is 22.3 Å². The van der Waals surface area contributed by atoms with Crippen LogP contribution in [0.4, 0.5) is 10.1 Å². The molecule has 204 valence electrons. The Morgan fingerprint density at radius 2 is 1.72 bits per heavy atom. The number of anilines is 1. The Kier molecular flexibility index (Phi) is 7.64. The fraction of sp³-hybridized carbons (Fsp3) is 0.214. The highest BCUT2D eigenvalue weighted by molar-refractivity contribution is 7.92. The molecule has 1 heterocycles. The van der Waals surface area contributed by atoms with Crippen LogP contribution in [0.2, 0.25) is 0 Å². The monoisotopic (exact) mass is 554 g/mol. The summed E-state index contributed by atoms with van der Waals surface area (Å²) >= 11 is 0. The summed E-state index contributed by atoms with van der Waals surface area (Å²) in [4.78, 5) is 24.2. The van der Waals surface area contributed by atoms with E-state index in [9.17, 15) is 27.5 Å². The zero-order valence-electron chi connectivity index (χ0n) is 21.7. The second-order valence-corrected chi connectivity index (χ2v) is 11.1.